The Morgan fingerprint density at radius 1 is 1.40 bits per heavy atom. The molecule has 5 heteroatoms. The largest absolute Gasteiger partial charge is 0.381 e. The van der Waals surface area contributed by atoms with Crippen molar-refractivity contribution in [1.29, 1.82) is 0 Å². The topological polar surface area (TPSA) is 67.6 Å². The number of nitrogens with zero attached hydrogens (tertiary/aromatic N) is 2. The minimum Gasteiger partial charge on any atom is -0.381 e. The highest BCUT2D eigenvalue weighted by molar-refractivity contribution is 7.26. The molecule has 0 aliphatic heterocycles. The van der Waals surface area contributed by atoms with E-state index in [1.54, 1.807) is 11.3 Å². The molecule has 3 aromatic rings. The van der Waals surface area contributed by atoms with Crippen LogP contribution in [0.1, 0.15) is 11.3 Å². The molecule has 0 saturated carbocycles. The fourth-order valence-electron chi connectivity index (χ4n) is 1.90. The van der Waals surface area contributed by atoms with E-state index >= 15 is 0 Å². The Bertz CT molecular complexity index is 665. The highest BCUT2D eigenvalue weighted by atomic mass is 32.1. The first kappa shape index (κ1) is 8.67. The summed E-state index contributed by atoms with van der Waals surface area (Å²) in [6.07, 6.45) is 0. The predicted octanol–water partition coefficient (Wildman–Crippen LogP) is 2.37. The van der Waals surface area contributed by atoms with E-state index in [0.29, 0.717) is 5.82 Å². The van der Waals surface area contributed by atoms with Gasteiger partial charge in [-0.2, -0.15) is 5.10 Å². The lowest BCUT2D eigenvalue weighted by Crippen LogP contribution is -1.84. The maximum absolute atomic E-state index is 5.77. The normalized spacial score (nSPS) is 11.6. The summed E-state index contributed by atoms with van der Waals surface area (Å²) in [5, 5.41) is 8.11. The number of aromatic nitrogens is 3. The summed E-state index contributed by atoms with van der Waals surface area (Å²) in [4.78, 5) is 5.53. The maximum Gasteiger partial charge on any atom is 0.163 e. The number of pyridine rings is 1. The number of aromatic amines is 1. The summed E-state index contributed by atoms with van der Waals surface area (Å²) < 4.78 is 1.01. The molecule has 0 spiro atoms. The Labute approximate surface area is 90.1 Å². The van der Waals surface area contributed by atoms with Crippen molar-refractivity contribution in [2.45, 2.75) is 13.8 Å². The van der Waals surface area contributed by atoms with Crippen LogP contribution in [-0.2, 0) is 0 Å². The number of hydrogen-bond acceptors (Lipinski definition) is 4. The van der Waals surface area contributed by atoms with Crippen LogP contribution < -0.4 is 5.73 Å². The van der Waals surface area contributed by atoms with Crippen molar-refractivity contribution in [3.8, 4) is 0 Å². The Kier molecular flexibility index (Phi) is 1.56. The van der Waals surface area contributed by atoms with Gasteiger partial charge in [0.25, 0.3) is 0 Å². The molecule has 3 rings (SSSR count). The molecule has 0 bridgehead atoms. The SMILES string of the molecule is Cc1cc(C)c2c(n1)sc1c(N)n[nH]c12. The van der Waals surface area contributed by atoms with Crippen LogP contribution in [0.2, 0.25) is 0 Å². The van der Waals surface area contributed by atoms with E-state index in [4.69, 9.17) is 5.73 Å². The van der Waals surface area contributed by atoms with Gasteiger partial charge >= 0.3 is 0 Å². The minimum absolute atomic E-state index is 0.560. The standard InChI is InChI=1S/C10H10N4S/c1-4-3-5(2)12-10-6(4)7-8(15-10)9(11)14-13-7/h3H,1-2H3,(H3,11,13,14). The molecule has 0 unspecified atom stereocenters. The van der Waals surface area contributed by atoms with Gasteiger partial charge in [-0.25, -0.2) is 4.98 Å². The lowest BCUT2D eigenvalue weighted by molar-refractivity contribution is 1.13. The number of rotatable bonds is 0. The lowest BCUT2D eigenvalue weighted by Gasteiger charge is -1.97. The average Bonchev–Trinajstić information content (AvgIpc) is 2.66. The highest BCUT2D eigenvalue weighted by Crippen LogP contribution is 2.36. The summed E-state index contributed by atoms with van der Waals surface area (Å²) in [5.74, 6) is 0.560. The van der Waals surface area contributed by atoms with Gasteiger partial charge in [0, 0.05) is 11.1 Å². The molecule has 3 aromatic heterocycles. The number of thiophene rings is 1. The second-order valence-corrected chi connectivity index (χ2v) is 4.67. The van der Waals surface area contributed by atoms with Crippen LogP contribution in [0.3, 0.4) is 0 Å². The van der Waals surface area contributed by atoms with Crippen molar-refractivity contribution in [2.24, 2.45) is 0 Å². The molecule has 0 aliphatic rings. The fourth-order valence-corrected chi connectivity index (χ4v) is 3.04. The third kappa shape index (κ3) is 1.07. The summed E-state index contributed by atoms with van der Waals surface area (Å²) in [7, 11) is 0. The van der Waals surface area contributed by atoms with Gasteiger partial charge in [-0.15, -0.1) is 11.3 Å². The summed E-state index contributed by atoms with van der Waals surface area (Å²) in [6.45, 7) is 4.09. The average molecular weight is 218 g/mol. The van der Waals surface area contributed by atoms with Crippen LogP contribution in [-0.4, -0.2) is 15.2 Å². The molecule has 15 heavy (non-hydrogen) atoms. The van der Waals surface area contributed by atoms with E-state index in [9.17, 15) is 0 Å². The molecule has 0 aliphatic carbocycles. The van der Waals surface area contributed by atoms with Gasteiger partial charge in [-0.3, -0.25) is 5.10 Å². The second kappa shape index (κ2) is 2.70. The molecule has 0 amide bonds. The lowest BCUT2D eigenvalue weighted by atomic mass is 10.2. The van der Waals surface area contributed by atoms with Gasteiger partial charge in [0.05, 0.1) is 10.2 Å². The molecular weight excluding hydrogens is 208 g/mol. The monoisotopic (exact) mass is 218 g/mol. The summed E-state index contributed by atoms with van der Waals surface area (Å²) in [6, 6.07) is 2.07. The van der Waals surface area contributed by atoms with Gasteiger partial charge in [0.1, 0.15) is 4.83 Å². The van der Waals surface area contributed by atoms with E-state index in [1.165, 1.54) is 5.56 Å². The molecule has 0 fully saturated rings. The first-order chi connectivity index (χ1) is 7.16. The molecule has 0 saturated heterocycles. The van der Waals surface area contributed by atoms with Crippen LogP contribution in [0.4, 0.5) is 5.82 Å². The van der Waals surface area contributed by atoms with E-state index < -0.39 is 0 Å². The van der Waals surface area contributed by atoms with Gasteiger partial charge in [0.2, 0.25) is 0 Å². The Hall–Kier alpha value is -1.62. The molecule has 3 N–H and O–H groups in total. The van der Waals surface area contributed by atoms with Gasteiger partial charge in [-0.05, 0) is 25.5 Å². The second-order valence-electron chi connectivity index (χ2n) is 3.68. The van der Waals surface area contributed by atoms with E-state index in [0.717, 1.165) is 26.1 Å². The van der Waals surface area contributed by atoms with Crippen LogP contribution in [0, 0.1) is 13.8 Å². The van der Waals surface area contributed by atoms with E-state index in [-0.39, 0.29) is 0 Å². The van der Waals surface area contributed by atoms with Gasteiger partial charge < -0.3 is 5.73 Å². The number of anilines is 1. The highest BCUT2D eigenvalue weighted by Gasteiger charge is 2.13. The van der Waals surface area contributed by atoms with Crippen molar-refractivity contribution < 1.29 is 0 Å². The van der Waals surface area contributed by atoms with Gasteiger partial charge in [0.15, 0.2) is 5.82 Å². The Morgan fingerprint density at radius 3 is 3.00 bits per heavy atom. The van der Waals surface area contributed by atoms with Crippen LogP contribution >= 0.6 is 11.3 Å². The third-order valence-corrected chi connectivity index (χ3v) is 3.61. The first-order valence-corrected chi connectivity index (χ1v) is 5.49. The third-order valence-electron chi connectivity index (χ3n) is 2.51. The molecule has 4 nitrogen and oxygen atoms in total. The zero-order valence-corrected chi connectivity index (χ0v) is 9.27. The number of H-pyrrole nitrogens is 1. The molecular formula is C10H10N4S. The smallest absolute Gasteiger partial charge is 0.163 e. The number of nitrogens with two attached hydrogens (primary N) is 1. The van der Waals surface area contributed by atoms with Crippen molar-refractivity contribution in [3.05, 3.63) is 17.3 Å². The molecule has 3 heterocycles. The van der Waals surface area contributed by atoms with Crippen molar-refractivity contribution in [3.63, 3.8) is 0 Å². The van der Waals surface area contributed by atoms with Crippen LogP contribution in [0.15, 0.2) is 6.07 Å². The number of nitrogens with one attached hydrogen (secondary N) is 1. The molecule has 0 aromatic carbocycles. The van der Waals surface area contributed by atoms with Crippen LogP contribution in [0.25, 0.3) is 20.4 Å². The quantitative estimate of drug-likeness (QED) is 0.608. The number of nitrogen functional groups attached to an aromatic ring is 1. The van der Waals surface area contributed by atoms with Crippen LogP contribution in [0.5, 0.6) is 0 Å². The molecule has 0 atom stereocenters. The Balaban J connectivity index is 2.60. The summed E-state index contributed by atoms with van der Waals surface area (Å²) >= 11 is 1.59. The van der Waals surface area contributed by atoms with E-state index in [1.807, 2.05) is 6.92 Å². The Morgan fingerprint density at radius 2 is 2.20 bits per heavy atom. The minimum atomic E-state index is 0.560. The maximum atomic E-state index is 5.77. The van der Waals surface area contributed by atoms with Crippen molar-refractivity contribution >= 4 is 37.6 Å². The summed E-state index contributed by atoms with van der Waals surface area (Å²) in [5.41, 5.74) is 9.03. The molecule has 76 valence electrons. The zero-order chi connectivity index (χ0) is 10.6. The fraction of sp³-hybridized carbons (Fsp3) is 0.200. The molecule has 0 radical (unpaired) electrons. The predicted molar refractivity (Wildman–Crippen MR) is 63.2 cm³/mol. The zero-order valence-electron chi connectivity index (χ0n) is 8.46. The van der Waals surface area contributed by atoms with Crippen molar-refractivity contribution in [1.82, 2.24) is 15.2 Å². The van der Waals surface area contributed by atoms with E-state index in [2.05, 4.69) is 28.2 Å². The first-order valence-electron chi connectivity index (χ1n) is 4.67. The van der Waals surface area contributed by atoms with Gasteiger partial charge in [-0.1, -0.05) is 0 Å². The van der Waals surface area contributed by atoms with Crippen molar-refractivity contribution in [2.75, 3.05) is 5.73 Å². The number of hydrogen-bond donors (Lipinski definition) is 2. The number of aryl methyl sites for hydroxylation is 2. The number of fused-ring (bicyclic) bond motifs is 3.